The first-order chi connectivity index (χ1) is 9.92. The number of fused-ring (bicyclic) bond motifs is 2. The summed E-state index contributed by atoms with van der Waals surface area (Å²) in [6, 6.07) is 11.6. The van der Waals surface area contributed by atoms with Crippen molar-refractivity contribution in [3.05, 3.63) is 57.6 Å². The second kappa shape index (κ2) is 5.24. The Hall–Kier alpha value is -1.30. The van der Waals surface area contributed by atoms with Crippen LogP contribution in [-0.2, 0) is 38.5 Å². The van der Waals surface area contributed by atoms with Crippen molar-refractivity contribution in [1.29, 1.82) is 0 Å². The molecule has 20 heavy (non-hydrogen) atoms. The smallest absolute Gasteiger partial charge is 0.0725 e. The van der Waals surface area contributed by atoms with Crippen LogP contribution in [0.4, 0.5) is 0 Å². The molecule has 0 aromatic heterocycles. The minimum absolute atomic E-state index is 1.17. The van der Waals surface area contributed by atoms with Gasteiger partial charge < -0.3 is 46.5 Å². The number of hydrogen-bond donors (Lipinski definition) is 0. The van der Waals surface area contributed by atoms with E-state index < -0.39 is 0 Å². The van der Waals surface area contributed by atoms with E-state index in [1.165, 1.54) is 75.3 Å². The molecule has 4 rings (SSSR count). The molecule has 2 aliphatic rings. The Morgan fingerprint density at radius 3 is 1.75 bits per heavy atom. The van der Waals surface area contributed by atoms with Gasteiger partial charge in [0.25, 0.3) is 0 Å². The molecule has 0 heteroatoms. The molecule has 0 atom stereocenters. The fourth-order valence-electron chi connectivity index (χ4n) is 4.08. The van der Waals surface area contributed by atoms with E-state index in [-0.39, 0.29) is 0 Å². The van der Waals surface area contributed by atoms with E-state index in [1.807, 2.05) is 0 Å². The van der Waals surface area contributed by atoms with E-state index in [4.69, 9.17) is 0 Å². The Morgan fingerprint density at radius 2 is 1.25 bits per heavy atom. The van der Waals surface area contributed by atoms with Crippen LogP contribution in [0.2, 0.25) is 0 Å². The average molecular weight is 262 g/mol. The molecule has 0 unspecified atom stereocenters. The summed E-state index contributed by atoms with van der Waals surface area (Å²) >= 11 is 0. The van der Waals surface area contributed by atoms with E-state index >= 15 is 0 Å². The van der Waals surface area contributed by atoms with Crippen LogP contribution < -0.4 is 0 Å². The first kappa shape index (κ1) is 12.4. The third kappa shape index (κ3) is 2.16. The molecule has 0 spiro atoms. The van der Waals surface area contributed by atoms with Crippen LogP contribution in [0.15, 0.2) is 12.1 Å². The minimum atomic E-state index is 1.17. The monoisotopic (exact) mass is 262 g/mol. The molecule has 0 saturated carbocycles. The first-order valence-electron chi connectivity index (χ1n) is 8.28. The molecule has 0 radical (unpaired) electrons. The van der Waals surface area contributed by atoms with Crippen LogP contribution >= 0.6 is 0 Å². The summed E-state index contributed by atoms with van der Waals surface area (Å²) in [5.74, 6) is 0. The standard InChI is InChI=1S/C20H22/c1-3-7-19-15(5-1)9-11-17(19)13-14-18-12-10-16-6-2-4-8-20(16)18/h9-10H,1-8,13-14H2/q-4. The largest absolute Gasteiger partial charge is 0.359 e. The third-order valence-electron chi connectivity index (χ3n) is 5.22. The summed E-state index contributed by atoms with van der Waals surface area (Å²) in [5, 5.41) is 0. The predicted octanol–water partition coefficient (Wildman–Crippen LogP) is 4.27. The van der Waals surface area contributed by atoms with Crippen molar-refractivity contribution in [2.45, 2.75) is 64.2 Å². The van der Waals surface area contributed by atoms with Gasteiger partial charge in [0.05, 0.1) is 0 Å². The van der Waals surface area contributed by atoms with Gasteiger partial charge in [0.2, 0.25) is 0 Å². The topological polar surface area (TPSA) is 0 Å². The lowest BCUT2D eigenvalue weighted by Crippen LogP contribution is -2.04. The molecule has 0 heterocycles. The second-order valence-corrected chi connectivity index (χ2v) is 6.46. The molecule has 2 aromatic carbocycles. The molecule has 0 fully saturated rings. The molecular weight excluding hydrogens is 240 g/mol. The molecular formula is C20H22-4. The molecule has 106 valence electrons. The number of aryl methyl sites for hydroxylation is 4. The summed E-state index contributed by atoms with van der Waals surface area (Å²) in [6.45, 7) is 0. The van der Waals surface area contributed by atoms with E-state index in [0.717, 1.165) is 0 Å². The van der Waals surface area contributed by atoms with Crippen LogP contribution in [0.3, 0.4) is 0 Å². The highest BCUT2D eigenvalue weighted by Gasteiger charge is 1.98. The zero-order valence-electron chi connectivity index (χ0n) is 12.2. The number of rotatable bonds is 3. The van der Waals surface area contributed by atoms with Gasteiger partial charge in [-0.15, -0.1) is 25.7 Å². The molecule has 0 bridgehead atoms. The molecule has 2 aromatic rings. The second-order valence-electron chi connectivity index (χ2n) is 6.46. The fraction of sp³-hybridized carbons (Fsp3) is 0.500. The normalized spacial score (nSPS) is 17.8. The molecule has 0 saturated heterocycles. The molecule has 0 amide bonds. The fourth-order valence-corrected chi connectivity index (χ4v) is 4.08. The van der Waals surface area contributed by atoms with Gasteiger partial charge in [-0.2, -0.15) is 0 Å². The molecule has 0 aliphatic heterocycles. The maximum Gasteiger partial charge on any atom is -0.0725 e. The van der Waals surface area contributed by atoms with Crippen molar-refractivity contribution in [3.8, 4) is 0 Å². The van der Waals surface area contributed by atoms with Gasteiger partial charge >= 0.3 is 0 Å². The average Bonchev–Trinajstić information content (AvgIpc) is 3.09. The zero-order valence-corrected chi connectivity index (χ0v) is 12.2. The minimum Gasteiger partial charge on any atom is -0.359 e. The maximum atomic E-state index is 3.54. The van der Waals surface area contributed by atoms with Crippen LogP contribution in [0.1, 0.15) is 59.1 Å². The maximum absolute atomic E-state index is 3.54. The van der Waals surface area contributed by atoms with E-state index in [1.54, 1.807) is 22.3 Å². The van der Waals surface area contributed by atoms with Gasteiger partial charge in [0.1, 0.15) is 0 Å². The SMILES string of the molecule is [c-]1cc2[c-](c1CCc1[c-]cc3[c-]1CCCC3)CCCC2. The Morgan fingerprint density at radius 1 is 0.750 bits per heavy atom. The Bertz CT molecular complexity index is 539. The van der Waals surface area contributed by atoms with Crippen molar-refractivity contribution >= 4 is 0 Å². The molecule has 0 N–H and O–H groups in total. The third-order valence-corrected chi connectivity index (χ3v) is 5.22. The van der Waals surface area contributed by atoms with Crippen molar-refractivity contribution in [2.24, 2.45) is 0 Å². The van der Waals surface area contributed by atoms with Crippen molar-refractivity contribution < 1.29 is 0 Å². The summed E-state index contributed by atoms with van der Waals surface area (Å²) in [7, 11) is 0. The van der Waals surface area contributed by atoms with E-state index in [0.29, 0.717) is 0 Å². The lowest BCUT2D eigenvalue weighted by atomic mass is 9.90. The highest BCUT2D eigenvalue weighted by Crippen LogP contribution is 2.29. The van der Waals surface area contributed by atoms with Crippen LogP contribution in [0, 0.1) is 12.1 Å². The lowest BCUT2D eigenvalue weighted by Gasteiger charge is -2.34. The molecule has 2 aliphatic carbocycles. The van der Waals surface area contributed by atoms with Gasteiger partial charge in [-0.3, -0.25) is 11.1 Å². The zero-order chi connectivity index (χ0) is 13.4. The van der Waals surface area contributed by atoms with Gasteiger partial charge in [-0.05, 0) is 0 Å². The Labute approximate surface area is 122 Å². The van der Waals surface area contributed by atoms with Crippen molar-refractivity contribution in [2.75, 3.05) is 0 Å². The highest BCUT2D eigenvalue weighted by molar-refractivity contribution is 5.42. The number of hydrogen-bond acceptors (Lipinski definition) is 0. The van der Waals surface area contributed by atoms with Gasteiger partial charge in [-0.25, -0.2) is 0 Å². The van der Waals surface area contributed by atoms with E-state index in [2.05, 4.69) is 24.3 Å². The summed E-state index contributed by atoms with van der Waals surface area (Å²) in [6.07, 6.45) is 13.0. The van der Waals surface area contributed by atoms with Crippen LogP contribution in [-0.4, -0.2) is 0 Å². The quantitative estimate of drug-likeness (QED) is 0.725. The molecule has 0 nitrogen and oxygen atoms in total. The van der Waals surface area contributed by atoms with Crippen molar-refractivity contribution in [1.82, 2.24) is 0 Å². The first-order valence-corrected chi connectivity index (χ1v) is 8.28. The Balaban J connectivity index is 1.50. The predicted molar refractivity (Wildman–Crippen MR) is 82.4 cm³/mol. The highest BCUT2D eigenvalue weighted by atomic mass is 14.2. The summed E-state index contributed by atoms with van der Waals surface area (Å²) < 4.78 is 0. The van der Waals surface area contributed by atoms with Crippen molar-refractivity contribution in [3.63, 3.8) is 0 Å². The summed E-state index contributed by atoms with van der Waals surface area (Å²) in [5.41, 5.74) is 9.44. The van der Waals surface area contributed by atoms with Gasteiger partial charge in [-0.1, -0.05) is 38.5 Å². The summed E-state index contributed by atoms with van der Waals surface area (Å²) in [4.78, 5) is 0. The van der Waals surface area contributed by atoms with E-state index in [9.17, 15) is 0 Å². The lowest BCUT2D eigenvalue weighted by molar-refractivity contribution is 0.679. The van der Waals surface area contributed by atoms with Gasteiger partial charge in [0.15, 0.2) is 0 Å². The van der Waals surface area contributed by atoms with Crippen LogP contribution in [0.5, 0.6) is 0 Å². The van der Waals surface area contributed by atoms with Gasteiger partial charge in [0, 0.05) is 0 Å². The van der Waals surface area contributed by atoms with Crippen LogP contribution in [0.25, 0.3) is 0 Å². The Kier molecular flexibility index (Phi) is 3.26.